The highest BCUT2D eigenvalue weighted by Crippen LogP contribution is 2.29. The summed E-state index contributed by atoms with van der Waals surface area (Å²) in [6, 6.07) is 7.01. The molecule has 0 atom stereocenters. The molecule has 1 heterocycles. The molecule has 2 rings (SSSR count). The fourth-order valence-electron chi connectivity index (χ4n) is 2.74. The standard InChI is InChI=1S/C17H26N2O2/c1-13(2)7-8-17(21)9-11-19(12-10-17)16(20)14-3-5-15(18)6-4-14/h3-6,13,21H,7-12,18H2,1-2H3. The number of rotatable bonds is 4. The first-order valence-electron chi connectivity index (χ1n) is 7.77. The lowest BCUT2D eigenvalue weighted by atomic mass is 9.85. The summed E-state index contributed by atoms with van der Waals surface area (Å²) in [6.07, 6.45) is 3.19. The zero-order chi connectivity index (χ0) is 15.5. The molecule has 1 aliphatic heterocycles. The summed E-state index contributed by atoms with van der Waals surface area (Å²) in [7, 11) is 0. The molecule has 1 saturated heterocycles. The summed E-state index contributed by atoms with van der Waals surface area (Å²) in [5, 5.41) is 10.6. The van der Waals surface area contributed by atoms with Crippen LogP contribution in [0.5, 0.6) is 0 Å². The molecule has 0 saturated carbocycles. The number of nitrogens with two attached hydrogens (primary N) is 1. The first-order chi connectivity index (χ1) is 9.89. The Balaban J connectivity index is 1.91. The van der Waals surface area contributed by atoms with Crippen molar-refractivity contribution < 1.29 is 9.90 Å². The van der Waals surface area contributed by atoms with E-state index in [1.807, 2.05) is 4.90 Å². The lowest BCUT2D eigenvalue weighted by Crippen LogP contribution is -2.46. The first-order valence-corrected chi connectivity index (χ1v) is 7.77. The Morgan fingerprint density at radius 1 is 1.29 bits per heavy atom. The molecule has 116 valence electrons. The van der Waals surface area contributed by atoms with Crippen molar-refractivity contribution in [2.45, 2.75) is 45.1 Å². The Morgan fingerprint density at radius 2 is 1.86 bits per heavy atom. The third kappa shape index (κ3) is 4.21. The molecule has 0 bridgehead atoms. The van der Waals surface area contributed by atoms with Gasteiger partial charge in [0.15, 0.2) is 0 Å². The highest BCUT2D eigenvalue weighted by atomic mass is 16.3. The lowest BCUT2D eigenvalue weighted by molar-refractivity contribution is -0.0262. The van der Waals surface area contributed by atoms with E-state index < -0.39 is 5.60 Å². The van der Waals surface area contributed by atoms with Gasteiger partial charge in [0.1, 0.15) is 0 Å². The molecule has 1 aromatic carbocycles. The number of piperidine rings is 1. The van der Waals surface area contributed by atoms with E-state index in [0.29, 0.717) is 43.1 Å². The molecule has 1 aromatic rings. The van der Waals surface area contributed by atoms with Crippen molar-refractivity contribution in [3.8, 4) is 0 Å². The molecule has 0 unspecified atom stereocenters. The summed E-state index contributed by atoms with van der Waals surface area (Å²) in [6.45, 7) is 5.59. The number of benzene rings is 1. The summed E-state index contributed by atoms with van der Waals surface area (Å²) >= 11 is 0. The zero-order valence-electron chi connectivity index (χ0n) is 13.0. The van der Waals surface area contributed by atoms with Gasteiger partial charge in [-0.25, -0.2) is 0 Å². The highest BCUT2D eigenvalue weighted by Gasteiger charge is 2.33. The molecule has 0 radical (unpaired) electrons. The second-order valence-electron chi connectivity index (χ2n) is 6.57. The fourth-order valence-corrected chi connectivity index (χ4v) is 2.74. The number of hydrogen-bond donors (Lipinski definition) is 2. The van der Waals surface area contributed by atoms with Crippen LogP contribution in [0.4, 0.5) is 5.69 Å². The minimum atomic E-state index is -0.595. The second-order valence-corrected chi connectivity index (χ2v) is 6.57. The van der Waals surface area contributed by atoms with Crippen LogP contribution in [-0.4, -0.2) is 34.6 Å². The van der Waals surface area contributed by atoms with Gasteiger partial charge in [0.05, 0.1) is 5.60 Å². The van der Waals surface area contributed by atoms with Crippen LogP contribution >= 0.6 is 0 Å². The van der Waals surface area contributed by atoms with Gasteiger partial charge in [0, 0.05) is 24.3 Å². The van der Waals surface area contributed by atoms with Gasteiger partial charge < -0.3 is 15.7 Å². The summed E-state index contributed by atoms with van der Waals surface area (Å²) in [4.78, 5) is 14.2. The number of anilines is 1. The molecule has 1 fully saturated rings. The maximum atomic E-state index is 12.4. The maximum Gasteiger partial charge on any atom is 0.253 e. The van der Waals surface area contributed by atoms with E-state index in [1.165, 1.54) is 0 Å². The number of nitrogens with zero attached hydrogens (tertiary/aromatic N) is 1. The largest absolute Gasteiger partial charge is 0.399 e. The predicted molar refractivity (Wildman–Crippen MR) is 85.0 cm³/mol. The number of hydrogen-bond acceptors (Lipinski definition) is 3. The van der Waals surface area contributed by atoms with Crippen molar-refractivity contribution in [3.63, 3.8) is 0 Å². The fraction of sp³-hybridized carbons (Fsp3) is 0.588. The molecular weight excluding hydrogens is 264 g/mol. The molecule has 4 nitrogen and oxygen atoms in total. The van der Waals surface area contributed by atoms with Crippen LogP contribution in [0.15, 0.2) is 24.3 Å². The number of carbonyl (C=O) groups excluding carboxylic acids is 1. The third-order valence-corrected chi connectivity index (χ3v) is 4.33. The zero-order valence-corrected chi connectivity index (χ0v) is 13.0. The number of likely N-dealkylation sites (tertiary alicyclic amines) is 1. The average molecular weight is 290 g/mol. The second kappa shape index (κ2) is 6.48. The van der Waals surface area contributed by atoms with Crippen LogP contribution in [-0.2, 0) is 0 Å². The number of amides is 1. The van der Waals surface area contributed by atoms with E-state index in [2.05, 4.69) is 13.8 Å². The molecule has 1 aliphatic rings. The quantitative estimate of drug-likeness (QED) is 0.838. The Hall–Kier alpha value is -1.55. The smallest absolute Gasteiger partial charge is 0.253 e. The van der Waals surface area contributed by atoms with E-state index in [0.717, 1.165) is 12.8 Å². The molecule has 4 heteroatoms. The molecule has 0 aliphatic carbocycles. The first kappa shape index (κ1) is 15.8. The predicted octanol–water partition coefficient (Wildman–Crippen LogP) is 2.67. The average Bonchev–Trinajstić information content (AvgIpc) is 2.46. The SMILES string of the molecule is CC(C)CCC1(O)CCN(C(=O)c2ccc(N)cc2)CC1. The Kier molecular flexibility index (Phi) is 4.88. The number of nitrogen functional groups attached to an aromatic ring is 1. The van der Waals surface area contributed by atoms with Crippen LogP contribution in [0.2, 0.25) is 0 Å². The lowest BCUT2D eigenvalue weighted by Gasteiger charge is -2.38. The van der Waals surface area contributed by atoms with Crippen molar-refractivity contribution in [1.82, 2.24) is 4.90 Å². The highest BCUT2D eigenvalue weighted by molar-refractivity contribution is 5.94. The minimum Gasteiger partial charge on any atom is -0.399 e. The Labute approximate surface area is 126 Å². The van der Waals surface area contributed by atoms with Crippen molar-refractivity contribution in [1.29, 1.82) is 0 Å². The van der Waals surface area contributed by atoms with E-state index in [1.54, 1.807) is 24.3 Å². The molecule has 21 heavy (non-hydrogen) atoms. The van der Waals surface area contributed by atoms with E-state index in [4.69, 9.17) is 5.73 Å². The van der Waals surface area contributed by atoms with Gasteiger partial charge >= 0.3 is 0 Å². The van der Waals surface area contributed by atoms with Gasteiger partial charge in [-0.1, -0.05) is 13.8 Å². The number of carbonyl (C=O) groups is 1. The maximum absolute atomic E-state index is 12.4. The Bertz CT molecular complexity index is 474. The van der Waals surface area contributed by atoms with Crippen LogP contribution in [0, 0.1) is 5.92 Å². The van der Waals surface area contributed by atoms with Gasteiger partial charge in [-0.2, -0.15) is 0 Å². The van der Waals surface area contributed by atoms with E-state index >= 15 is 0 Å². The van der Waals surface area contributed by atoms with Crippen molar-refractivity contribution in [3.05, 3.63) is 29.8 Å². The third-order valence-electron chi connectivity index (χ3n) is 4.33. The van der Waals surface area contributed by atoms with E-state index in [9.17, 15) is 9.90 Å². The minimum absolute atomic E-state index is 0.0286. The summed E-state index contributed by atoms with van der Waals surface area (Å²) in [5.74, 6) is 0.629. The van der Waals surface area contributed by atoms with Gasteiger partial charge in [-0.3, -0.25) is 4.79 Å². The van der Waals surface area contributed by atoms with Gasteiger partial charge in [-0.15, -0.1) is 0 Å². The van der Waals surface area contributed by atoms with E-state index in [-0.39, 0.29) is 5.91 Å². The van der Waals surface area contributed by atoms with Crippen LogP contribution in [0.1, 0.15) is 49.9 Å². The van der Waals surface area contributed by atoms with Crippen LogP contribution in [0.3, 0.4) is 0 Å². The van der Waals surface area contributed by atoms with Crippen LogP contribution < -0.4 is 5.73 Å². The van der Waals surface area contributed by atoms with Gasteiger partial charge in [0.2, 0.25) is 0 Å². The monoisotopic (exact) mass is 290 g/mol. The topological polar surface area (TPSA) is 66.6 Å². The van der Waals surface area contributed by atoms with Crippen molar-refractivity contribution >= 4 is 11.6 Å². The number of aliphatic hydroxyl groups is 1. The van der Waals surface area contributed by atoms with Crippen LogP contribution in [0.25, 0.3) is 0 Å². The Morgan fingerprint density at radius 3 is 2.38 bits per heavy atom. The normalized spacial score (nSPS) is 18.0. The van der Waals surface area contributed by atoms with Crippen molar-refractivity contribution in [2.24, 2.45) is 5.92 Å². The molecule has 0 spiro atoms. The van der Waals surface area contributed by atoms with Crippen molar-refractivity contribution in [2.75, 3.05) is 18.8 Å². The van der Waals surface area contributed by atoms with Gasteiger partial charge in [0.25, 0.3) is 5.91 Å². The molecule has 0 aromatic heterocycles. The summed E-state index contributed by atoms with van der Waals surface area (Å²) < 4.78 is 0. The van der Waals surface area contributed by atoms with Gasteiger partial charge in [-0.05, 0) is 55.9 Å². The molecule has 3 N–H and O–H groups in total. The molecule has 1 amide bonds. The summed E-state index contributed by atoms with van der Waals surface area (Å²) in [5.41, 5.74) is 6.37. The molecular formula is C17H26N2O2.